The maximum Gasteiger partial charge on any atom is 0.255 e. The number of methoxy groups -OCH3 is 2. The highest BCUT2D eigenvalue weighted by Crippen LogP contribution is 2.29. The monoisotopic (exact) mass is 394 g/mol. The maximum atomic E-state index is 13.2. The van der Waals surface area contributed by atoms with Crippen molar-refractivity contribution in [1.82, 2.24) is 19.5 Å². The molecule has 1 aliphatic heterocycles. The highest BCUT2D eigenvalue weighted by atomic mass is 16.5. The Kier molecular flexibility index (Phi) is 5.64. The van der Waals surface area contributed by atoms with E-state index in [-0.39, 0.29) is 11.9 Å². The largest absolute Gasteiger partial charge is 0.493 e. The SMILES string of the molecule is COc1ccc(CC[C@@H]2CCCCN2C(=O)c2ccc3nncn3c2)cc1OC. The molecule has 0 spiro atoms. The van der Waals surface area contributed by atoms with Crippen LogP contribution in [0.1, 0.15) is 41.6 Å². The van der Waals surface area contributed by atoms with E-state index < -0.39 is 0 Å². The molecular formula is C22H26N4O3. The molecular weight excluding hydrogens is 368 g/mol. The van der Waals surface area contributed by atoms with Gasteiger partial charge in [-0.25, -0.2) is 0 Å². The van der Waals surface area contributed by atoms with Gasteiger partial charge in [0.25, 0.3) is 5.91 Å². The Morgan fingerprint density at radius 3 is 2.83 bits per heavy atom. The third-order valence-corrected chi connectivity index (χ3v) is 5.64. The Morgan fingerprint density at radius 2 is 2.00 bits per heavy atom. The van der Waals surface area contributed by atoms with Crippen LogP contribution in [-0.4, -0.2) is 52.2 Å². The summed E-state index contributed by atoms with van der Waals surface area (Å²) in [6.45, 7) is 0.801. The second-order valence-electron chi connectivity index (χ2n) is 7.39. The van der Waals surface area contributed by atoms with Gasteiger partial charge in [-0.3, -0.25) is 9.20 Å². The zero-order valence-electron chi connectivity index (χ0n) is 16.9. The summed E-state index contributed by atoms with van der Waals surface area (Å²) in [5.41, 5.74) is 2.60. The molecule has 0 saturated carbocycles. The minimum Gasteiger partial charge on any atom is -0.493 e. The molecule has 4 rings (SSSR count). The lowest BCUT2D eigenvalue weighted by molar-refractivity contribution is 0.0601. The van der Waals surface area contributed by atoms with Crippen LogP contribution in [0.15, 0.2) is 42.9 Å². The van der Waals surface area contributed by atoms with Gasteiger partial charge in [-0.1, -0.05) is 6.07 Å². The molecule has 0 N–H and O–H groups in total. The van der Waals surface area contributed by atoms with Crippen molar-refractivity contribution in [2.24, 2.45) is 0 Å². The summed E-state index contributed by atoms with van der Waals surface area (Å²) in [6.07, 6.45) is 8.50. The first kappa shape index (κ1) is 19.2. The van der Waals surface area contributed by atoms with Crippen LogP contribution in [0.4, 0.5) is 0 Å². The molecule has 7 heteroatoms. The van der Waals surface area contributed by atoms with Crippen LogP contribution in [0.3, 0.4) is 0 Å². The maximum absolute atomic E-state index is 13.2. The molecule has 1 saturated heterocycles. The summed E-state index contributed by atoms with van der Waals surface area (Å²) >= 11 is 0. The zero-order chi connectivity index (χ0) is 20.2. The van der Waals surface area contributed by atoms with Crippen molar-refractivity contribution in [1.29, 1.82) is 0 Å². The standard InChI is InChI=1S/C22H26N4O3/c1-28-19-10-7-16(13-20(19)29-2)6-9-18-5-3-4-12-26(18)22(27)17-8-11-21-24-23-15-25(21)14-17/h7-8,10-11,13-15,18H,3-6,9,12H2,1-2H3/t18-/m0/s1. The molecule has 3 aromatic rings. The van der Waals surface area contributed by atoms with Gasteiger partial charge in [-0.15, -0.1) is 10.2 Å². The van der Waals surface area contributed by atoms with E-state index in [1.807, 2.05) is 35.4 Å². The third-order valence-electron chi connectivity index (χ3n) is 5.64. The highest BCUT2D eigenvalue weighted by molar-refractivity contribution is 5.94. The Morgan fingerprint density at radius 1 is 1.14 bits per heavy atom. The summed E-state index contributed by atoms with van der Waals surface area (Å²) in [5.74, 6) is 1.55. The summed E-state index contributed by atoms with van der Waals surface area (Å²) in [5, 5.41) is 7.89. The van der Waals surface area contributed by atoms with Crippen LogP contribution in [0.25, 0.3) is 5.65 Å². The number of likely N-dealkylation sites (tertiary alicyclic amines) is 1. The van der Waals surface area contributed by atoms with Crippen LogP contribution in [-0.2, 0) is 6.42 Å². The van der Waals surface area contributed by atoms with E-state index in [1.165, 1.54) is 5.56 Å². The van der Waals surface area contributed by atoms with Gasteiger partial charge in [0.05, 0.1) is 19.8 Å². The van der Waals surface area contributed by atoms with E-state index in [0.29, 0.717) is 5.56 Å². The number of benzene rings is 1. The Balaban J connectivity index is 1.48. The van der Waals surface area contributed by atoms with Crippen LogP contribution in [0, 0.1) is 0 Å². The Labute approximate surface area is 170 Å². The predicted molar refractivity (Wildman–Crippen MR) is 110 cm³/mol. The topological polar surface area (TPSA) is 69.0 Å². The smallest absolute Gasteiger partial charge is 0.255 e. The van der Waals surface area contributed by atoms with Crippen LogP contribution in [0.5, 0.6) is 11.5 Å². The number of rotatable bonds is 6. The molecule has 0 unspecified atom stereocenters. The average Bonchev–Trinajstić information content (AvgIpc) is 3.25. The minimum absolute atomic E-state index is 0.0811. The summed E-state index contributed by atoms with van der Waals surface area (Å²) in [6, 6.07) is 9.94. The van der Waals surface area contributed by atoms with Crippen LogP contribution >= 0.6 is 0 Å². The minimum atomic E-state index is 0.0811. The van der Waals surface area contributed by atoms with Crippen molar-refractivity contribution in [3.63, 3.8) is 0 Å². The predicted octanol–water partition coefficient (Wildman–Crippen LogP) is 3.37. The second-order valence-corrected chi connectivity index (χ2v) is 7.39. The van der Waals surface area contributed by atoms with E-state index in [2.05, 4.69) is 16.3 Å². The number of hydrogen-bond donors (Lipinski definition) is 0. The molecule has 1 amide bonds. The Hall–Kier alpha value is -3.09. The molecule has 0 bridgehead atoms. The number of nitrogens with zero attached hydrogens (tertiary/aromatic N) is 4. The van der Waals surface area contributed by atoms with E-state index >= 15 is 0 Å². The van der Waals surface area contributed by atoms with Crippen molar-refractivity contribution < 1.29 is 14.3 Å². The molecule has 29 heavy (non-hydrogen) atoms. The lowest BCUT2D eigenvalue weighted by Crippen LogP contribution is -2.44. The lowest BCUT2D eigenvalue weighted by Gasteiger charge is -2.36. The van der Waals surface area contributed by atoms with Gasteiger partial charge in [0.15, 0.2) is 17.1 Å². The van der Waals surface area contributed by atoms with Gasteiger partial charge in [0.1, 0.15) is 6.33 Å². The first-order valence-electron chi connectivity index (χ1n) is 10.0. The molecule has 7 nitrogen and oxygen atoms in total. The molecule has 3 heterocycles. The number of piperidine rings is 1. The second kappa shape index (κ2) is 8.51. The number of hydrogen-bond acceptors (Lipinski definition) is 5. The number of pyridine rings is 1. The van der Waals surface area contributed by atoms with Crippen molar-refractivity contribution in [2.45, 2.75) is 38.1 Å². The highest BCUT2D eigenvalue weighted by Gasteiger charge is 2.27. The average molecular weight is 394 g/mol. The molecule has 1 atom stereocenters. The molecule has 1 aliphatic rings. The van der Waals surface area contributed by atoms with E-state index in [0.717, 1.165) is 55.8 Å². The van der Waals surface area contributed by atoms with Crippen LogP contribution < -0.4 is 9.47 Å². The first-order chi connectivity index (χ1) is 14.2. The molecule has 1 fully saturated rings. The molecule has 1 aromatic carbocycles. The Bertz CT molecular complexity index is 1000. The summed E-state index contributed by atoms with van der Waals surface area (Å²) in [7, 11) is 3.29. The van der Waals surface area contributed by atoms with Gasteiger partial charge in [-0.2, -0.15) is 0 Å². The molecule has 0 radical (unpaired) electrons. The summed E-state index contributed by atoms with van der Waals surface area (Å²) in [4.78, 5) is 15.2. The van der Waals surface area contributed by atoms with Gasteiger partial charge in [0.2, 0.25) is 0 Å². The van der Waals surface area contributed by atoms with Crippen molar-refractivity contribution in [3.8, 4) is 11.5 Å². The zero-order valence-corrected chi connectivity index (χ0v) is 16.9. The summed E-state index contributed by atoms with van der Waals surface area (Å²) < 4.78 is 12.5. The number of aryl methyl sites for hydroxylation is 1. The number of carbonyl (C=O) groups excluding carboxylic acids is 1. The first-order valence-corrected chi connectivity index (χ1v) is 10.0. The van der Waals surface area contributed by atoms with Gasteiger partial charge in [0, 0.05) is 18.8 Å². The third kappa shape index (κ3) is 4.04. The number of carbonyl (C=O) groups is 1. The van der Waals surface area contributed by atoms with Gasteiger partial charge < -0.3 is 14.4 Å². The van der Waals surface area contributed by atoms with Crippen molar-refractivity contribution in [2.75, 3.05) is 20.8 Å². The van der Waals surface area contributed by atoms with Gasteiger partial charge in [-0.05, 0) is 61.9 Å². The van der Waals surface area contributed by atoms with Crippen molar-refractivity contribution >= 4 is 11.6 Å². The van der Waals surface area contributed by atoms with Gasteiger partial charge >= 0.3 is 0 Å². The molecule has 0 aliphatic carbocycles. The fraction of sp³-hybridized carbons (Fsp3) is 0.409. The van der Waals surface area contributed by atoms with E-state index in [9.17, 15) is 4.79 Å². The van der Waals surface area contributed by atoms with E-state index in [1.54, 1.807) is 24.9 Å². The molecule has 152 valence electrons. The number of amides is 1. The number of aromatic nitrogens is 3. The fourth-order valence-corrected chi connectivity index (χ4v) is 4.06. The molecule has 2 aromatic heterocycles. The normalized spacial score (nSPS) is 16.8. The quantitative estimate of drug-likeness (QED) is 0.641. The lowest BCUT2D eigenvalue weighted by atomic mass is 9.95. The van der Waals surface area contributed by atoms with E-state index in [4.69, 9.17) is 9.47 Å². The van der Waals surface area contributed by atoms with Crippen LogP contribution in [0.2, 0.25) is 0 Å². The fourth-order valence-electron chi connectivity index (χ4n) is 4.06. The number of fused-ring (bicyclic) bond motifs is 1. The number of ether oxygens (including phenoxy) is 2. The van der Waals surface area contributed by atoms with Crippen molar-refractivity contribution in [3.05, 3.63) is 54.0 Å².